The second-order valence-corrected chi connectivity index (χ2v) is 19.6. The molecule has 0 bridgehead atoms. The largest absolute Gasteiger partial charge is 0.439 e. The molecule has 61 heavy (non-hydrogen) atoms. The molecule has 4 heterocycles. The minimum Gasteiger partial charge on any atom is -0.439 e. The Hall–Kier alpha value is -7.51. The molecule has 10 rings (SSSR count). The maximum atomic E-state index is 16.0. The summed E-state index contributed by atoms with van der Waals surface area (Å²) in [4.78, 5) is 13.3. The number of hydrogen-bond donors (Lipinski definition) is 0. The number of aromatic nitrogens is 6. The lowest BCUT2D eigenvalue weighted by Gasteiger charge is -2.21. The molecule has 0 amide bonds. The fraction of sp³-hybridized carbons (Fsp3) is 0. The van der Waals surface area contributed by atoms with E-state index in [1.807, 2.05) is 174 Å². The average molecular weight is 833 g/mol. The van der Waals surface area contributed by atoms with Crippen LogP contribution in [0.15, 0.2) is 207 Å². The van der Waals surface area contributed by atoms with Crippen molar-refractivity contribution >= 4 is 67.9 Å². The minimum absolute atomic E-state index is 0.303. The van der Waals surface area contributed by atoms with Gasteiger partial charge in [0.15, 0.2) is 14.3 Å². The summed E-state index contributed by atoms with van der Waals surface area (Å²) in [6.07, 6.45) is 6.42. The lowest BCUT2D eigenvalue weighted by atomic mass is 10.1. The van der Waals surface area contributed by atoms with Crippen LogP contribution in [0.1, 0.15) is 0 Å². The van der Waals surface area contributed by atoms with Gasteiger partial charge in [0, 0.05) is 67.1 Å². The number of ether oxygens (including phenoxy) is 2. The minimum atomic E-state index is -3.54. The van der Waals surface area contributed by atoms with Crippen molar-refractivity contribution in [1.29, 1.82) is 0 Å². The van der Waals surface area contributed by atoms with Crippen molar-refractivity contribution in [2.24, 2.45) is 0 Å². The van der Waals surface area contributed by atoms with Gasteiger partial charge in [-0.05, 0) is 48.5 Å². The molecule has 0 fully saturated rings. The number of nitrogens with zero attached hydrogens (tertiary/aromatic N) is 6. The Labute approximate surface area is 350 Å². The van der Waals surface area contributed by atoms with Gasteiger partial charge in [0.1, 0.15) is 11.5 Å². The quantitative estimate of drug-likeness (QED) is 0.118. The van der Waals surface area contributed by atoms with Gasteiger partial charge in [0.2, 0.25) is 11.8 Å². The van der Waals surface area contributed by atoms with Crippen molar-refractivity contribution in [2.75, 3.05) is 0 Å². The predicted molar refractivity (Wildman–Crippen MR) is 242 cm³/mol. The van der Waals surface area contributed by atoms with Crippen LogP contribution in [0.2, 0.25) is 0 Å². The molecule has 0 aliphatic heterocycles. The molecule has 0 aliphatic rings. The Morgan fingerprint density at radius 1 is 0.393 bits per heavy atom. The number of rotatable bonds is 11. The highest BCUT2D eigenvalue weighted by Crippen LogP contribution is 2.47. The molecule has 294 valence electrons. The van der Waals surface area contributed by atoms with E-state index >= 15 is 9.13 Å². The molecule has 0 saturated heterocycles. The van der Waals surface area contributed by atoms with Crippen LogP contribution in [0.25, 0.3) is 27.8 Å². The summed E-state index contributed by atoms with van der Waals surface area (Å²) in [5, 5.41) is 14.1. The normalized spacial score (nSPS) is 13.3. The van der Waals surface area contributed by atoms with Crippen molar-refractivity contribution in [3.05, 3.63) is 207 Å². The number of fused-ring (bicyclic) bond motifs is 3. The first-order valence-corrected chi connectivity index (χ1v) is 22.8. The van der Waals surface area contributed by atoms with Gasteiger partial charge in [0.25, 0.3) is 5.95 Å². The number of benzene rings is 6. The fourth-order valence-electron chi connectivity index (χ4n) is 7.66. The van der Waals surface area contributed by atoms with Gasteiger partial charge in [-0.25, -0.2) is 15.0 Å². The fourth-order valence-corrected chi connectivity index (χ4v) is 13.0. The van der Waals surface area contributed by atoms with Gasteiger partial charge < -0.3 is 18.6 Å². The highest BCUT2D eigenvalue weighted by Gasteiger charge is 2.33. The van der Waals surface area contributed by atoms with E-state index in [1.165, 1.54) is 6.20 Å². The SMILES string of the molecule is O=P(c1ccccc1)(c1cccc(Oc2ccccn2)c1)c1ccc2c3ccc(P(=O)(c4ccccc4)c4cccc(Oc5ccccn5)c4)cc3n(-c3nccnn3)c2c1. The van der Waals surface area contributed by atoms with Gasteiger partial charge in [-0.15, -0.1) is 5.10 Å². The second-order valence-electron chi connectivity index (χ2n) is 14.1. The summed E-state index contributed by atoms with van der Waals surface area (Å²) < 4.78 is 46.1. The van der Waals surface area contributed by atoms with Crippen LogP contribution in [0.4, 0.5) is 0 Å². The lowest BCUT2D eigenvalue weighted by molar-refractivity contribution is 0.463. The zero-order valence-electron chi connectivity index (χ0n) is 32.3. The first-order valence-electron chi connectivity index (χ1n) is 19.4. The Kier molecular flexibility index (Phi) is 9.85. The molecule has 0 saturated carbocycles. The number of hydrogen-bond acceptors (Lipinski definition) is 9. The van der Waals surface area contributed by atoms with Gasteiger partial charge in [0.05, 0.1) is 23.4 Å². The van der Waals surface area contributed by atoms with E-state index in [4.69, 9.17) is 9.47 Å². The molecule has 0 N–H and O–H groups in total. The highest BCUT2D eigenvalue weighted by atomic mass is 31.2. The molecule has 12 heteroatoms. The Bertz CT molecular complexity index is 3070. The Balaban J connectivity index is 1.17. The highest BCUT2D eigenvalue weighted by molar-refractivity contribution is 7.85. The predicted octanol–water partition coefficient (Wildman–Crippen LogP) is 8.62. The van der Waals surface area contributed by atoms with E-state index in [-0.39, 0.29) is 0 Å². The van der Waals surface area contributed by atoms with Crippen molar-refractivity contribution in [3.63, 3.8) is 0 Å². The molecule has 10 nitrogen and oxygen atoms in total. The smallest absolute Gasteiger partial charge is 0.254 e. The average Bonchev–Trinajstić information content (AvgIpc) is 3.66. The standard InChI is InChI=1S/C49H34N6O4P2/c56-60(37-15-3-1-4-16-37,39-19-11-13-35(31-39)58-47-21-7-9-27-50-47)41-23-25-43-44-26-24-42(34-46(44)55(45(43)33-41)49-52-29-30-53-54-49)61(57,38-17-5-2-6-18-38)40-20-12-14-36(32-40)59-48-22-8-10-28-51-48/h1-34H. The first kappa shape index (κ1) is 37.7. The summed E-state index contributed by atoms with van der Waals surface area (Å²) in [6.45, 7) is 0. The zero-order chi connectivity index (χ0) is 41.2. The van der Waals surface area contributed by atoms with Crippen LogP contribution in [0.5, 0.6) is 23.3 Å². The number of pyridine rings is 2. The summed E-state index contributed by atoms with van der Waals surface area (Å²) in [5.41, 5.74) is 1.41. The van der Waals surface area contributed by atoms with Crippen molar-refractivity contribution in [3.8, 4) is 29.2 Å². The Morgan fingerprint density at radius 3 is 1.30 bits per heavy atom. The molecule has 4 aromatic heterocycles. The molecule has 0 radical (unpaired) electrons. The van der Waals surface area contributed by atoms with Crippen LogP contribution < -0.4 is 41.3 Å². The molecular weight excluding hydrogens is 799 g/mol. The summed E-state index contributed by atoms with van der Waals surface area (Å²) in [5.74, 6) is 2.18. The zero-order valence-corrected chi connectivity index (χ0v) is 34.1. The third-order valence-corrected chi connectivity index (χ3v) is 16.5. The van der Waals surface area contributed by atoms with Gasteiger partial charge >= 0.3 is 0 Å². The van der Waals surface area contributed by atoms with E-state index in [2.05, 4.69) is 25.1 Å². The second kappa shape index (κ2) is 15.9. The topological polar surface area (TPSA) is 122 Å². The van der Waals surface area contributed by atoms with E-state index < -0.39 is 14.3 Å². The van der Waals surface area contributed by atoms with Crippen molar-refractivity contribution < 1.29 is 18.6 Å². The van der Waals surface area contributed by atoms with Crippen LogP contribution in [-0.4, -0.2) is 29.7 Å². The van der Waals surface area contributed by atoms with Crippen LogP contribution in [0.3, 0.4) is 0 Å². The maximum absolute atomic E-state index is 16.0. The lowest BCUT2D eigenvalue weighted by Crippen LogP contribution is -2.25. The van der Waals surface area contributed by atoms with Gasteiger partial charge in [-0.1, -0.05) is 121 Å². The summed E-state index contributed by atoms with van der Waals surface area (Å²) >= 11 is 0. The van der Waals surface area contributed by atoms with E-state index in [9.17, 15) is 0 Å². The Morgan fingerprint density at radius 2 is 0.852 bits per heavy atom. The summed E-state index contributed by atoms with van der Waals surface area (Å²) in [7, 11) is -7.09. The van der Waals surface area contributed by atoms with Gasteiger partial charge in [-0.2, -0.15) is 5.10 Å². The van der Waals surface area contributed by atoms with E-state index in [0.717, 1.165) is 10.8 Å². The maximum Gasteiger partial charge on any atom is 0.254 e. The molecule has 6 aromatic carbocycles. The molecule has 0 spiro atoms. The molecule has 2 unspecified atom stereocenters. The van der Waals surface area contributed by atoms with Crippen molar-refractivity contribution in [2.45, 2.75) is 0 Å². The van der Waals surface area contributed by atoms with Crippen molar-refractivity contribution in [1.82, 2.24) is 29.7 Å². The third-order valence-electron chi connectivity index (χ3n) is 10.5. The van der Waals surface area contributed by atoms with Crippen LogP contribution in [0, 0.1) is 0 Å². The van der Waals surface area contributed by atoms with E-state index in [0.29, 0.717) is 72.1 Å². The van der Waals surface area contributed by atoms with Crippen LogP contribution >= 0.6 is 14.3 Å². The third kappa shape index (κ3) is 6.98. The van der Waals surface area contributed by atoms with Crippen LogP contribution in [-0.2, 0) is 9.13 Å². The van der Waals surface area contributed by atoms with Gasteiger partial charge in [-0.3, -0.25) is 4.57 Å². The molecule has 0 aliphatic carbocycles. The molecular formula is C49H34N6O4P2. The molecule has 10 aromatic rings. The summed E-state index contributed by atoms with van der Waals surface area (Å²) in [6, 6.07) is 56.2. The monoisotopic (exact) mass is 832 g/mol. The first-order chi connectivity index (χ1) is 30.0. The molecule has 2 atom stereocenters. The van der Waals surface area contributed by atoms with E-state index in [1.54, 1.807) is 30.7 Å².